The van der Waals surface area contributed by atoms with Gasteiger partial charge in [0.2, 0.25) is 0 Å². The second kappa shape index (κ2) is 9.94. The normalized spacial score (nSPS) is 20.4. The lowest BCUT2D eigenvalue weighted by atomic mass is 9.67. The highest BCUT2D eigenvalue weighted by molar-refractivity contribution is 5.70. The molecule has 0 amide bonds. The number of rotatable bonds is 6. The molecule has 0 spiro atoms. The molecule has 178 valence electrons. The maximum Gasteiger partial charge on any atom is 0.126 e. The van der Waals surface area contributed by atoms with Gasteiger partial charge in [0.25, 0.3) is 0 Å². The van der Waals surface area contributed by atoms with E-state index >= 15 is 0 Å². The number of ether oxygens (including phenoxy) is 1. The topological polar surface area (TPSA) is 22.1 Å². The van der Waals surface area contributed by atoms with Crippen LogP contribution >= 0.6 is 0 Å². The van der Waals surface area contributed by atoms with E-state index in [1.165, 1.54) is 60.1 Å². The van der Waals surface area contributed by atoms with E-state index in [1.54, 1.807) is 11.1 Å². The molecule has 0 fully saturated rings. The molecule has 0 bridgehead atoms. The Morgan fingerprint density at radius 2 is 1.62 bits per heavy atom. The molecule has 1 heterocycles. The molecule has 3 aromatic rings. The third kappa shape index (κ3) is 4.06. The maximum atomic E-state index is 6.12. The summed E-state index contributed by atoms with van der Waals surface area (Å²) in [5.74, 6) is 2.76. The zero-order chi connectivity index (χ0) is 23.7. The fourth-order valence-electron chi connectivity index (χ4n) is 6.82. The van der Waals surface area contributed by atoms with Gasteiger partial charge in [0.05, 0.1) is 12.8 Å². The Morgan fingerprint density at radius 3 is 2.35 bits per heavy atom. The number of aromatic nitrogens is 1. The Hall–Kier alpha value is -2.61. The number of hydrogen-bond acceptors (Lipinski definition) is 2. The molecule has 0 saturated heterocycles. The Labute approximate surface area is 205 Å². The number of fused-ring (bicyclic) bond motifs is 2. The second-order valence-corrected chi connectivity index (χ2v) is 10.3. The molecular weight excluding hydrogens is 414 g/mol. The first kappa shape index (κ1) is 23.1. The number of pyridine rings is 1. The molecule has 2 aliphatic rings. The van der Waals surface area contributed by atoms with E-state index < -0.39 is 0 Å². The van der Waals surface area contributed by atoms with Crippen LogP contribution in [0.25, 0.3) is 11.3 Å². The number of benzene rings is 2. The van der Waals surface area contributed by atoms with Gasteiger partial charge in [-0.15, -0.1) is 0 Å². The van der Waals surface area contributed by atoms with Crippen molar-refractivity contribution in [2.24, 2.45) is 5.92 Å². The van der Waals surface area contributed by atoms with Crippen molar-refractivity contribution in [3.8, 4) is 17.0 Å². The first-order chi connectivity index (χ1) is 16.7. The fourth-order valence-corrected chi connectivity index (χ4v) is 6.82. The standard InChI is InChI=1S/C32H39NO/c1-5-22-13-9-14-23(6-2)31(22)29-20-30(34-4)32-26(18-11-19-28(32)33-29)21(3)25-17-10-15-24-12-7-8-16-27(24)25/h7-9,12-14,16,20-21,25-26H,5-6,10-11,15,17-19H2,1-4H3/t21-,25?,26+/m1/s1. The van der Waals surface area contributed by atoms with Crippen molar-refractivity contribution < 1.29 is 4.74 Å². The van der Waals surface area contributed by atoms with E-state index in [9.17, 15) is 0 Å². The average Bonchev–Trinajstić information content (AvgIpc) is 2.90. The molecule has 1 unspecified atom stereocenters. The van der Waals surface area contributed by atoms with Gasteiger partial charge in [-0.25, -0.2) is 0 Å². The summed E-state index contributed by atoms with van der Waals surface area (Å²) >= 11 is 0. The molecule has 3 atom stereocenters. The van der Waals surface area contributed by atoms with Crippen molar-refractivity contribution in [1.29, 1.82) is 0 Å². The number of hydrogen-bond donors (Lipinski definition) is 0. The molecule has 1 aromatic heterocycles. The van der Waals surface area contributed by atoms with Crippen LogP contribution in [0.2, 0.25) is 0 Å². The second-order valence-electron chi connectivity index (χ2n) is 10.3. The smallest absolute Gasteiger partial charge is 0.126 e. The number of methoxy groups -OCH3 is 1. The molecule has 2 heteroatoms. The first-order valence-electron chi connectivity index (χ1n) is 13.4. The Kier molecular flexibility index (Phi) is 6.77. The van der Waals surface area contributed by atoms with Crippen LogP contribution in [-0.2, 0) is 25.7 Å². The van der Waals surface area contributed by atoms with Crippen molar-refractivity contribution >= 4 is 0 Å². The number of aryl methyl sites for hydroxylation is 4. The van der Waals surface area contributed by atoms with Gasteiger partial charge in [-0.05, 0) is 91.4 Å². The molecular formula is C32H39NO. The van der Waals surface area contributed by atoms with Gasteiger partial charge < -0.3 is 4.74 Å². The van der Waals surface area contributed by atoms with Crippen molar-refractivity contribution in [3.63, 3.8) is 0 Å². The van der Waals surface area contributed by atoms with Crippen LogP contribution in [0.15, 0.2) is 48.5 Å². The van der Waals surface area contributed by atoms with E-state index in [1.807, 2.05) is 7.11 Å². The van der Waals surface area contributed by atoms with E-state index in [4.69, 9.17) is 9.72 Å². The molecule has 0 N–H and O–H groups in total. The Balaban J connectivity index is 1.58. The molecule has 0 saturated carbocycles. The average molecular weight is 454 g/mol. The van der Waals surface area contributed by atoms with Gasteiger partial charge >= 0.3 is 0 Å². The van der Waals surface area contributed by atoms with Gasteiger partial charge in [-0.3, -0.25) is 4.98 Å². The Bertz CT molecular complexity index is 1120. The largest absolute Gasteiger partial charge is 0.496 e. The summed E-state index contributed by atoms with van der Waals surface area (Å²) in [4.78, 5) is 5.35. The minimum atomic E-state index is 0.503. The zero-order valence-corrected chi connectivity index (χ0v) is 21.4. The minimum absolute atomic E-state index is 0.503. The van der Waals surface area contributed by atoms with Gasteiger partial charge in [-0.1, -0.05) is 63.2 Å². The van der Waals surface area contributed by atoms with Crippen LogP contribution in [-0.4, -0.2) is 12.1 Å². The lowest BCUT2D eigenvalue weighted by Gasteiger charge is -2.38. The van der Waals surface area contributed by atoms with E-state index in [2.05, 4.69) is 69.3 Å². The third-order valence-corrected chi connectivity index (χ3v) is 8.56. The van der Waals surface area contributed by atoms with E-state index in [0.717, 1.165) is 30.7 Å². The molecule has 0 aliphatic heterocycles. The minimum Gasteiger partial charge on any atom is -0.496 e. The summed E-state index contributed by atoms with van der Waals surface area (Å²) < 4.78 is 6.12. The van der Waals surface area contributed by atoms with Crippen molar-refractivity contribution in [3.05, 3.63) is 82.0 Å². The van der Waals surface area contributed by atoms with Crippen LogP contribution in [0.4, 0.5) is 0 Å². The van der Waals surface area contributed by atoms with Crippen LogP contribution in [0, 0.1) is 5.92 Å². The van der Waals surface area contributed by atoms with Gasteiger partial charge in [-0.2, -0.15) is 0 Å². The van der Waals surface area contributed by atoms with Crippen LogP contribution in [0.1, 0.15) is 91.8 Å². The first-order valence-corrected chi connectivity index (χ1v) is 13.4. The summed E-state index contributed by atoms with van der Waals surface area (Å²) in [6.07, 6.45) is 9.36. The van der Waals surface area contributed by atoms with Gasteiger partial charge in [0.15, 0.2) is 0 Å². The molecule has 2 aliphatic carbocycles. The third-order valence-electron chi connectivity index (χ3n) is 8.56. The molecule has 5 rings (SSSR count). The summed E-state index contributed by atoms with van der Waals surface area (Å²) in [6.45, 7) is 6.97. The lowest BCUT2D eigenvalue weighted by molar-refractivity contribution is 0.307. The predicted octanol–water partition coefficient (Wildman–Crippen LogP) is 8.06. The van der Waals surface area contributed by atoms with Crippen LogP contribution in [0.3, 0.4) is 0 Å². The SMILES string of the molecule is CCc1cccc(CC)c1-c1cc(OC)c2c(n1)CCC[C@H]2[C@H](C)C1CCCc2ccccc21. The molecule has 0 radical (unpaired) electrons. The van der Waals surface area contributed by atoms with E-state index in [-0.39, 0.29) is 0 Å². The summed E-state index contributed by atoms with van der Waals surface area (Å²) in [5, 5.41) is 0. The summed E-state index contributed by atoms with van der Waals surface area (Å²) in [7, 11) is 1.85. The highest BCUT2D eigenvalue weighted by Gasteiger charge is 2.36. The quantitative estimate of drug-likeness (QED) is 0.376. The zero-order valence-electron chi connectivity index (χ0n) is 21.4. The van der Waals surface area contributed by atoms with Crippen LogP contribution < -0.4 is 4.74 Å². The van der Waals surface area contributed by atoms with Crippen molar-refractivity contribution in [1.82, 2.24) is 4.98 Å². The van der Waals surface area contributed by atoms with Crippen molar-refractivity contribution in [2.45, 2.75) is 84.0 Å². The summed E-state index contributed by atoms with van der Waals surface area (Å²) in [6, 6.07) is 18.1. The molecule has 2 aromatic carbocycles. The highest BCUT2D eigenvalue weighted by atomic mass is 16.5. The van der Waals surface area contributed by atoms with Crippen LogP contribution in [0.5, 0.6) is 5.75 Å². The molecule has 2 nitrogen and oxygen atoms in total. The lowest BCUT2D eigenvalue weighted by Crippen LogP contribution is -2.26. The highest BCUT2D eigenvalue weighted by Crippen LogP contribution is 2.49. The molecule has 34 heavy (non-hydrogen) atoms. The van der Waals surface area contributed by atoms with Gasteiger partial charge in [0.1, 0.15) is 5.75 Å². The van der Waals surface area contributed by atoms with Gasteiger partial charge in [0, 0.05) is 22.9 Å². The van der Waals surface area contributed by atoms with Crippen molar-refractivity contribution in [2.75, 3.05) is 7.11 Å². The Morgan fingerprint density at radius 1 is 0.912 bits per heavy atom. The predicted molar refractivity (Wildman–Crippen MR) is 142 cm³/mol. The number of nitrogens with zero attached hydrogens (tertiary/aromatic N) is 1. The van der Waals surface area contributed by atoms with E-state index in [0.29, 0.717) is 17.8 Å². The fraction of sp³-hybridized carbons (Fsp3) is 0.469. The maximum absolute atomic E-state index is 6.12. The summed E-state index contributed by atoms with van der Waals surface area (Å²) in [5.41, 5.74) is 11.0. The monoisotopic (exact) mass is 453 g/mol.